The van der Waals surface area contributed by atoms with Crippen LogP contribution in [0.3, 0.4) is 0 Å². The molecule has 5 heteroatoms. The Morgan fingerprint density at radius 3 is 2.67 bits per heavy atom. The summed E-state index contributed by atoms with van der Waals surface area (Å²) in [7, 11) is 0. The first-order valence-electron chi connectivity index (χ1n) is 4.44. The normalized spacial score (nSPS) is 17.0. The van der Waals surface area contributed by atoms with Gasteiger partial charge in [0.15, 0.2) is 0 Å². The third kappa shape index (κ3) is 1.96. The molecule has 2 N–H and O–H groups in total. The smallest absolute Gasteiger partial charge is 0.266 e. The van der Waals surface area contributed by atoms with Crippen LogP contribution in [0.1, 0.15) is 13.3 Å². The first-order chi connectivity index (χ1) is 6.99. The molecular weight excluding hydrogens is 196 g/mol. The highest BCUT2D eigenvalue weighted by Gasteiger charge is 2.33. The molecule has 0 bridgehead atoms. The fourth-order valence-corrected chi connectivity index (χ4v) is 1.47. The van der Waals surface area contributed by atoms with Gasteiger partial charge >= 0.3 is 0 Å². The van der Waals surface area contributed by atoms with Crippen LogP contribution in [0.15, 0.2) is 23.8 Å². The standard InChI is InChI=1S/C10H12N2O3/c1-3-4-12-7(13)5-6(2)8(9(11)14)10(12)15/h3H,1,4-5H2,2H3,(H2,11,14). The van der Waals surface area contributed by atoms with Crippen molar-refractivity contribution in [3.05, 3.63) is 23.8 Å². The maximum Gasteiger partial charge on any atom is 0.266 e. The molecule has 0 spiro atoms. The van der Waals surface area contributed by atoms with Gasteiger partial charge < -0.3 is 5.73 Å². The number of carbonyl (C=O) groups is 3. The predicted octanol–water partition coefficient (Wildman–Crippen LogP) is -0.267. The van der Waals surface area contributed by atoms with Gasteiger partial charge in [-0.05, 0) is 12.5 Å². The van der Waals surface area contributed by atoms with Crippen LogP contribution in [-0.4, -0.2) is 29.2 Å². The Morgan fingerprint density at radius 1 is 1.60 bits per heavy atom. The van der Waals surface area contributed by atoms with Gasteiger partial charge in [0.05, 0.1) is 0 Å². The number of nitrogens with two attached hydrogens (primary N) is 1. The van der Waals surface area contributed by atoms with Crippen LogP contribution < -0.4 is 5.73 Å². The average molecular weight is 208 g/mol. The van der Waals surface area contributed by atoms with E-state index in [1.165, 1.54) is 6.08 Å². The molecule has 1 aliphatic heterocycles. The lowest BCUT2D eigenvalue weighted by molar-refractivity contribution is -0.143. The third-order valence-corrected chi connectivity index (χ3v) is 2.16. The quantitative estimate of drug-likeness (QED) is 0.394. The number of carbonyl (C=O) groups excluding carboxylic acids is 3. The van der Waals surface area contributed by atoms with E-state index in [0.717, 1.165) is 4.90 Å². The SMILES string of the molecule is C=CCN1C(=O)CC(C)=C(C(N)=O)C1=O. The molecule has 0 radical (unpaired) electrons. The van der Waals surface area contributed by atoms with Crippen LogP contribution in [0.2, 0.25) is 0 Å². The van der Waals surface area contributed by atoms with E-state index in [4.69, 9.17) is 5.73 Å². The molecule has 0 saturated heterocycles. The van der Waals surface area contributed by atoms with Crippen molar-refractivity contribution in [3.8, 4) is 0 Å². The van der Waals surface area contributed by atoms with Crippen molar-refractivity contribution in [1.82, 2.24) is 4.90 Å². The van der Waals surface area contributed by atoms with Gasteiger partial charge in [-0.25, -0.2) is 0 Å². The van der Waals surface area contributed by atoms with Crippen LogP contribution in [0, 0.1) is 0 Å². The summed E-state index contributed by atoms with van der Waals surface area (Å²) in [4.78, 5) is 35.1. The predicted molar refractivity (Wildman–Crippen MR) is 53.4 cm³/mol. The van der Waals surface area contributed by atoms with E-state index in [9.17, 15) is 14.4 Å². The van der Waals surface area contributed by atoms with Crippen molar-refractivity contribution < 1.29 is 14.4 Å². The summed E-state index contributed by atoms with van der Waals surface area (Å²) in [5.74, 6) is -1.75. The number of primary amides is 1. The Kier molecular flexibility index (Phi) is 3.04. The number of nitrogens with zero attached hydrogens (tertiary/aromatic N) is 1. The van der Waals surface area contributed by atoms with E-state index in [2.05, 4.69) is 6.58 Å². The van der Waals surface area contributed by atoms with E-state index in [0.29, 0.717) is 5.57 Å². The van der Waals surface area contributed by atoms with Gasteiger partial charge in [-0.3, -0.25) is 19.3 Å². The second-order valence-electron chi connectivity index (χ2n) is 3.29. The van der Waals surface area contributed by atoms with Gasteiger partial charge in [0, 0.05) is 13.0 Å². The Labute approximate surface area is 87.2 Å². The van der Waals surface area contributed by atoms with E-state index in [1.807, 2.05) is 0 Å². The minimum Gasteiger partial charge on any atom is -0.365 e. The largest absolute Gasteiger partial charge is 0.365 e. The lowest BCUT2D eigenvalue weighted by Gasteiger charge is -2.25. The molecular formula is C10H12N2O3. The summed E-state index contributed by atoms with van der Waals surface area (Å²) >= 11 is 0. The monoisotopic (exact) mass is 208 g/mol. The van der Waals surface area contributed by atoms with Crippen LogP contribution in [0.4, 0.5) is 0 Å². The van der Waals surface area contributed by atoms with Gasteiger partial charge in [0.2, 0.25) is 5.91 Å². The minimum atomic E-state index is -0.793. The Morgan fingerprint density at radius 2 is 2.20 bits per heavy atom. The molecule has 1 heterocycles. The molecule has 0 aromatic heterocycles. The number of hydrogen-bond donors (Lipinski definition) is 1. The molecule has 0 fully saturated rings. The summed E-state index contributed by atoms with van der Waals surface area (Å²) in [6.07, 6.45) is 1.48. The summed E-state index contributed by atoms with van der Waals surface area (Å²) in [6, 6.07) is 0. The zero-order valence-electron chi connectivity index (χ0n) is 8.45. The first kappa shape index (κ1) is 11.2. The maximum atomic E-state index is 11.7. The molecule has 0 saturated carbocycles. The summed E-state index contributed by atoms with van der Waals surface area (Å²) in [5.41, 5.74) is 5.41. The zero-order chi connectivity index (χ0) is 11.6. The van der Waals surface area contributed by atoms with Crippen molar-refractivity contribution in [3.63, 3.8) is 0 Å². The number of imide groups is 1. The Balaban J connectivity index is 3.13. The first-order valence-corrected chi connectivity index (χ1v) is 4.44. The van der Waals surface area contributed by atoms with Crippen molar-refractivity contribution >= 4 is 17.7 Å². The summed E-state index contributed by atoms with van der Waals surface area (Å²) < 4.78 is 0. The molecule has 0 atom stereocenters. The van der Waals surface area contributed by atoms with Crippen LogP contribution in [-0.2, 0) is 14.4 Å². The Hall–Kier alpha value is -1.91. The molecule has 15 heavy (non-hydrogen) atoms. The fourth-order valence-electron chi connectivity index (χ4n) is 1.47. The van der Waals surface area contributed by atoms with E-state index >= 15 is 0 Å². The minimum absolute atomic E-state index is 0.0534. The van der Waals surface area contributed by atoms with E-state index in [-0.39, 0.29) is 24.4 Å². The topological polar surface area (TPSA) is 80.5 Å². The summed E-state index contributed by atoms with van der Waals surface area (Å²) in [6.45, 7) is 5.09. The number of rotatable bonds is 3. The highest BCUT2D eigenvalue weighted by Crippen LogP contribution is 2.19. The van der Waals surface area contributed by atoms with E-state index < -0.39 is 11.8 Å². The summed E-state index contributed by atoms with van der Waals surface area (Å²) in [5, 5.41) is 0. The average Bonchev–Trinajstić information content (AvgIpc) is 2.11. The molecule has 80 valence electrons. The molecule has 0 aromatic carbocycles. The second kappa shape index (κ2) is 4.08. The molecule has 3 amide bonds. The molecule has 1 aliphatic rings. The molecule has 5 nitrogen and oxygen atoms in total. The third-order valence-electron chi connectivity index (χ3n) is 2.16. The molecule has 0 aliphatic carbocycles. The Bertz CT molecular complexity index is 382. The zero-order valence-corrected chi connectivity index (χ0v) is 8.45. The van der Waals surface area contributed by atoms with Crippen LogP contribution in [0.5, 0.6) is 0 Å². The van der Waals surface area contributed by atoms with Gasteiger partial charge in [0.25, 0.3) is 11.8 Å². The second-order valence-corrected chi connectivity index (χ2v) is 3.29. The lowest BCUT2D eigenvalue weighted by Crippen LogP contribution is -2.44. The highest BCUT2D eigenvalue weighted by molar-refractivity contribution is 6.23. The lowest BCUT2D eigenvalue weighted by atomic mass is 9.99. The van der Waals surface area contributed by atoms with Crippen LogP contribution in [0.25, 0.3) is 0 Å². The van der Waals surface area contributed by atoms with Gasteiger partial charge in [-0.1, -0.05) is 6.08 Å². The van der Waals surface area contributed by atoms with Crippen molar-refractivity contribution in [2.75, 3.05) is 6.54 Å². The highest BCUT2D eigenvalue weighted by atomic mass is 16.2. The van der Waals surface area contributed by atoms with Crippen LogP contribution >= 0.6 is 0 Å². The van der Waals surface area contributed by atoms with Crippen molar-refractivity contribution in [2.24, 2.45) is 5.73 Å². The van der Waals surface area contributed by atoms with Gasteiger partial charge in [0.1, 0.15) is 5.57 Å². The maximum absolute atomic E-state index is 11.7. The van der Waals surface area contributed by atoms with Gasteiger partial charge in [-0.15, -0.1) is 6.58 Å². The van der Waals surface area contributed by atoms with Gasteiger partial charge in [-0.2, -0.15) is 0 Å². The fraction of sp³-hybridized carbons (Fsp3) is 0.300. The number of amides is 3. The van der Waals surface area contributed by atoms with Crippen molar-refractivity contribution in [1.29, 1.82) is 0 Å². The molecule has 1 rings (SSSR count). The molecule has 0 aromatic rings. The molecule has 0 unspecified atom stereocenters. The van der Waals surface area contributed by atoms with E-state index in [1.54, 1.807) is 6.92 Å². The number of hydrogen-bond acceptors (Lipinski definition) is 3. The van der Waals surface area contributed by atoms with Crippen molar-refractivity contribution in [2.45, 2.75) is 13.3 Å².